The lowest BCUT2D eigenvalue weighted by molar-refractivity contribution is 0.107. The second-order valence-corrected chi connectivity index (χ2v) is 6.78. The minimum atomic E-state index is 0.569. The molecule has 0 spiro atoms. The number of hydrogen-bond acceptors (Lipinski definition) is 1. The molecular weight excluding hydrogens is 230 g/mol. The Bertz CT molecular complexity index is 434. The lowest BCUT2D eigenvalue weighted by atomic mass is 9.91. The maximum Gasteiger partial charge on any atom is 0.0316 e. The zero-order valence-electron chi connectivity index (χ0n) is 11.9. The normalized spacial score (nSPS) is 38.7. The summed E-state index contributed by atoms with van der Waals surface area (Å²) in [5.41, 5.74) is 2.18. The molecular formula is C18H25N. The van der Waals surface area contributed by atoms with Gasteiger partial charge in [0, 0.05) is 11.5 Å². The molecule has 2 saturated carbocycles. The average Bonchev–Trinajstić information content (AvgIpc) is 3.19. The van der Waals surface area contributed by atoms with Crippen LogP contribution in [0, 0.1) is 5.92 Å². The topological polar surface area (TPSA) is 3.24 Å². The molecule has 0 unspecified atom stereocenters. The van der Waals surface area contributed by atoms with Crippen molar-refractivity contribution in [2.24, 2.45) is 5.92 Å². The summed E-state index contributed by atoms with van der Waals surface area (Å²) >= 11 is 0. The first-order valence-electron chi connectivity index (χ1n) is 8.23. The van der Waals surface area contributed by atoms with Crippen LogP contribution in [0.15, 0.2) is 30.3 Å². The van der Waals surface area contributed by atoms with Gasteiger partial charge in [0.05, 0.1) is 0 Å². The van der Waals surface area contributed by atoms with Crippen LogP contribution in [0.25, 0.3) is 0 Å². The van der Waals surface area contributed by atoms with Crippen molar-refractivity contribution < 1.29 is 0 Å². The zero-order chi connectivity index (χ0) is 12.7. The van der Waals surface area contributed by atoms with Crippen molar-refractivity contribution in [1.82, 2.24) is 4.90 Å². The summed E-state index contributed by atoms with van der Waals surface area (Å²) in [6.45, 7) is 2.72. The van der Waals surface area contributed by atoms with Gasteiger partial charge in [0.15, 0.2) is 0 Å². The number of rotatable bonds is 2. The molecule has 19 heavy (non-hydrogen) atoms. The molecule has 0 aromatic heterocycles. The molecule has 3 fully saturated rings. The standard InChI is InChI=1S/C18H25N/c1-3-9-15(10-4-1)17-16-11-5-6-12-18(16,17)19-13-7-2-8-14-19/h1,3-4,9-10,16-17H,2,5-8,11-14H2/t16-,17-,18+/m0/s1. The maximum absolute atomic E-state index is 2.89. The van der Waals surface area contributed by atoms with Crippen LogP contribution in [0.5, 0.6) is 0 Å². The van der Waals surface area contributed by atoms with E-state index >= 15 is 0 Å². The fourth-order valence-corrected chi connectivity index (χ4v) is 5.11. The highest BCUT2D eigenvalue weighted by Crippen LogP contribution is 2.67. The highest BCUT2D eigenvalue weighted by Gasteiger charge is 2.67. The molecule has 3 aliphatic rings. The third kappa shape index (κ3) is 1.78. The first kappa shape index (κ1) is 12.0. The number of piperidine rings is 1. The van der Waals surface area contributed by atoms with Gasteiger partial charge < -0.3 is 0 Å². The van der Waals surface area contributed by atoms with E-state index in [1.807, 2.05) is 0 Å². The van der Waals surface area contributed by atoms with E-state index in [1.165, 1.54) is 58.0 Å². The van der Waals surface area contributed by atoms with Crippen molar-refractivity contribution in [1.29, 1.82) is 0 Å². The molecule has 1 aliphatic heterocycles. The van der Waals surface area contributed by atoms with Crippen molar-refractivity contribution in [2.45, 2.75) is 56.4 Å². The number of hydrogen-bond donors (Lipinski definition) is 0. The fourth-order valence-electron chi connectivity index (χ4n) is 5.11. The average molecular weight is 255 g/mol. The summed E-state index contributed by atoms with van der Waals surface area (Å²) in [5.74, 6) is 1.80. The van der Waals surface area contributed by atoms with Crippen molar-refractivity contribution in [2.75, 3.05) is 13.1 Å². The van der Waals surface area contributed by atoms with Gasteiger partial charge in [-0.3, -0.25) is 4.90 Å². The van der Waals surface area contributed by atoms with E-state index in [0.717, 1.165) is 11.8 Å². The lowest BCUT2D eigenvalue weighted by Gasteiger charge is -2.38. The summed E-state index contributed by atoms with van der Waals surface area (Å²) in [7, 11) is 0. The first-order valence-corrected chi connectivity index (χ1v) is 8.23. The Morgan fingerprint density at radius 2 is 1.68 bits per heavy atom. The van der Waals surface area contributed by atoms with Crippen molar-refractivity contribution >= 4 is 0 Å². The molecule has 1 aromatic carbocycles. The highest BCUT2D eigenvalue weighted by atomic mass is 15.3. The van der Waals surface area contributed by atoms with E-state index in [-0.39, 0.29) is 0 Å². The van der Waals surface area contributed by atoms with Crippen LogP contribution in [0.2, 0.25) is 0 Å². The molecule has 1 nitrogen and oxygen atoms in total. The predicted octanol–water partition coefficient (Wildman–Crippen LogP) is 4.20. The van der Waals surface area contributed by atoms with Crippen LogP contribution in [-0.2, 0) is 0 Å². The van der Waals surface area contributed by atoms with E-state index in [4.69, 9.17) is 0 Å². The zero-order valence-corrected chi connectivity index (χ0v) is 11.9. The summed E-state index contributed by atoms with van der Waals surface area (Å²) in [4.78, 5) is 2.89. The van der Waals surface area contributed by atoms with Gasteiger partial charge in [0.25, 0.3) is 0 Å². The highest BCUT2D eigenvalue weighted by molar-refractivity contribution is 5.38. The molecule has 1 heterocycles. The second kappa shape index (κ2) is 4.63. The molecule has 1 aromatic rings. The Kier molecular flexibility index (Phi) is 2.91. The Morgan fingerprint density at radius 1 is 0.895 bits per heavy atom. The van der Waals surface area contributed by atoms with Gasteiger partial charge in [-0.15, -0.1) is 0 Å². The largest absolute Gasteiger partial charge is 0.297 e. The Hall–Kier alpha value is -0.820. The first-order chi connectivity index (χ1) is 9.43. The molecule has 3 atom stereocenters. The van der Waals surface area contributed by atoms with Crippen LogP contribution in [0.1, 0.15) is 56.4 Å². The van der Waals surface area contributed by atoms with Crippen molar-refractivity contribution in [3.05, 3.63) is 35.9 Å². The minimum absolute atomic E-state index is 0.569. The Labute approximate surface area is 117 Å². The van der Waals surface area contributed by atoms with Gasteiger partial charge in [0.1, 0.15) is 0 Å². The van der Waals surface area contributed by atoms with Gasteiger partial charge in [-0.1, -0.05) is 49.6 Å². The molecule has 1 saturated heterocycles. The lowest BCUT2D eigenvalue weighted by Crippen LogP contribution is -2.44. The number of fused-ring (bicyclic) bond motifs is 1. The Balaban J connectivity index is 1.64. The smallest absolute Gasteiger partial charge is 0.0316 e. The van der Waals surface area contributed by atoms with Crippen LogP contribution < -0.4 is 0 Å². The fraction of sp³-hybridized carbons (Fsp3) is 0.667. The third-order valence-electron chi connectivity index (χ3n) is 5.92. The maximum atomic E-state index is 2.89. The van der Waals surface area contributed by atoms with E-state index < -0.39 is 0 Å². The molecule has 102 valence electrons. The van der Waals surface area contributed by atoms with Crippen LogP contribution in [0.3, 0.4) is 0 Å². The quantitative estimate of drug-likeness (QED) is 0.765. The summed E-state index contributed by atoms with van der Waals surface area (Å²) in [5, 5.41) is 0. The molecule has 0 N–H and O–H groups in total. The van der Waals surface area contributed by atoms with E-state index in [1.54, 1.807) is 5.56 Å². The summed E-state index contributed by atoms with van der Waals surface area (Å²) in [6, 6.07) is 11.3. The van der Waals surface area contributed by atoms with Crippen LogP contribution in [-0.4, -0.2) is 23.5 Å². The summed E-state index contributed by atoms with van der Waals surface area (Å²) < 4.78 is 0. The third-order valence-corrected chi connectivity index (χ3v) is 5.92. The predicted molar refractivity (Wildman–Crippen MR) is 79.3 cm³/mol. The van der Waals surface area contributed by atoms with Crippen LogP contribution >= 0.6 is 0 Å². The number of likely N-dealkylation sites (tertiary alicyclic amines) is 1. The molecule has 2 aliphatic carbocycles. The van der Waals surface area contributed by atoms with E-state index in [0.29, 0.717) is 5.54 Å². The van der Waals surface area contributed by atoms with E-state index in [2.05, 4.69) is 35.2 Å². The van der Waals surface area contributed by atoms with E-state index in [9.17, 15) is 0 Å². The molecule has 0 amide bonds. The van der Waals surface area contributed by atoms with Gasteiger partial charge >= 0.3 is 0 Å². The molecule has 0 radical (unpaired) electrons. The van der Waals surface area contributed by atoms with Crippen LogP contribution in [0.4, 0.5) is 0 Å². The van der Waals surface area contributed by atoms with Gasteiger partial charge in [-0.05, 0) is 50.3 Å². The van der Waals surface area contributed by atoms with Gasteiger partial charge in [-0.2, -0.15) is 0 Å². The van der Waals surface area contributed by atoms with Crippen molar-refractivity contribution in [3.8, 4) is 0 Å². The second-order valence-electron chi connectivity index (χ2n) is 6.78. The number of benzene rings is 1. The van der Waals surface area contributed by atoms with Crippen molar-refractivity contribution in [3.63, 3.8) is 0 Å². The number of nitrogens with zero attached hydrogens (tertiary/aromatic N) is 1. The monoisotopic (exact) mass is 255 g/mol. The van der Waals surface area contributed by atoms with Gasteiger partial charge in [0.2, 0.25) is 0 Å². The molecule has 1 heteroatoms. The molecule has 0 bridgehead atoms. The SMILES string of the molecule is c1ccc([C@H]2[C@@H]3CCCC[C@@]32N2CCCCC2)cc1. The minimum Gasteiger partial charge on any atom is -0.297 e. The summed E-state index contributed by atoms with van der Waals surface area (Å²) in [6.07, 6.45) is 10.1. The van der Waals surface area contributed by atoms with Gasteiger partial charge in [-0.25, -0.2) is 0 Å². The molecule has 4 rings (SSSR count). The Morgan fingerprint density at radius 3 is 2.47 bits per heavy atom.